The van der Waals surface area contributed by atoms with Gasteiger partial charge in [-0.2, -0.15) is 0 Å². The van der Waals surface area contributed by atoms with Gasteiger partial charge in [0.15, 0.2) is 5.11 Å². The first kappa shape index (κ1) is 26.3. The van der Waals surface area contributed by atoms with Gasteiger partial charge in [0.1, 0.15) is 5.75 Å². The summed E-state index contributed by atoms with van der Waals surface area (Å²) in [5.74, 6) is 0.387. The van der Waals surface area contributed by atoms with Crippen LogP contribution in [0.3, 0.4) is 0 Å². The summed E-state index contributed by atoms with van der Waals surface area (Å²) < 4.78 is 5.74. The predicted molar refractivity (Wildman–Crippen MR) is 137 cm³/mol. The summed E-state index contributed by atoms with van der Waals surface area (Å²) in [6, 6.07) is 14.0. The highest BCUT2D eigenvalue weighted by Crippen LogP contribution is 2.19. The molecule has 0 aliphatic heterocycles. The van der Waals surface area contributed by atoms with Gasteiger partial charge in [0.05, 0.1) is 12.2 Å². The minimum absolute atomic E-state index is 0.123. The van der Waals surface area contributed by atoms with Crippen LogP contribution in [0.25, 0.3) is 0 Å². The largest absolute Gasteiger partial charge is 0.492 e. The van der Waals surface area contributed by atoms with E-state index < -0.39 is 0 Å². The first-order valence-corrected chi connectivity index (χ1v) is 11.7. The van der Waals surface area contributed by atoms with E-state index in [-0.39, 0.29) is 16.9 Å². The molecule has 0 aromatic heterocycles. The van der Waals surface area contributed by atoms with E-state index in [2.05, 4.69) is 34.7 Å². The maximum Gasteiger partial charge on any atom is 0.261 e. The molecule has 0 heterocycles. The Kier molecular flexibility index (Phi) is 10.8. The van der Waals surface area contributed by atoms with Crippen LogP contribution < -0.4 is 20.7 Å². The van der Waals surface area contributed by atoms with E-state index in [4.69, 9.17) is 17.0 Å². The molecule has 7 nitrogen and oxygen atoms in total. The fourth-order valence-corrected chi connectivity index (χ4v) is 3.25. The van der Waals surface area contributed by atoms with Gasteiger partial charge < -0.3 is 20.3 Å². The molecule has 2 aromatic carbocycles. The summed E-state index contributed by atoms with van der Waals surface area (Å²) in [5.41, 5.74) is 1.65. The van der Waals surface area contributed by atoms with E-state index in [1.807, 2.05) is 19.9 Å². The fourth-order valence-electron chi connectivity index (χ4n) is 3.04. The maximum absolute atomic E-state index is 12.7. The molecular formula is C25H34N4O3S. The summed E-state index contributed by atoms with van der Waals surface area (Å²) in [7, 11) is 0. The third kappa shape index (κ3) is 8.82. The van der Waals surface area contributed by atoms with Gasteiger partial charge in [0.25, 0.3) is 11.8 Å². The van der Waals surface area contributed by atoms with Gasteiger partial charge >= 0.3 is 0 Å². The van der Waals surface area contributed by atoms with Crippen molar-refractivity contribution in [2.24, 2.45) is 5.92 Å². The van der Waals surface area contributed by atoms with Crippen LogP contribution in [0.4, 0.5) is 5.69 Å². The second-order valence-electron chi connectivity index (χ2n) is 7.97. The molecule has 3 N–H and O–H groups in total. The van der Waals surface area contributed by atoms with Gasteiger partial charge in [-0.1, -0.05) is 39.8 Å². The monoisotopic (exact) mass is 470 g/mol. The highest BCUT2D eigenvalue weighted by Gasteiger charge is 2.14. The number of thiocarbonyl (C=S) groups is 1. The van der Waals surface area contributed by atoms with Crippen LogP contribution in [0.2, 0.25) is 0 Å². The van der Waals surface area contributed by atoms with Crippen molar-refractivity contribution in [1.29, 1.82) is 0 Å². The Labute approximate surface area is 201 Å². The molecule has 33 heavy (non-hydrogen) atoms. The fraction of sp³-hybridized carbons (Fsp3) is 0.400. The summed E-state index contributed by atoms with van der Waals surface area (Å²) in [6.07, 6.45) is 0. The number of benzene rings is 2. The lowest BCUT2D eigenvalue weighted by molar-refractivity contribution is 0.0946. The van der Waals surface area contributed by atoms with E-state index in [0.29, 0.717) is 41.6 Å². The van der Waals surface area contributed by atoms with Gasteiger partial charge in [0.2, 0.25) is 0 Å². The topological polar surface area (TPSA) is 82.7 Å². The lowest BCUT2D eigenvalue weighted by Crippen LogP contribution is -2.35. The quantitative estimate of drug-likeness (QED) is 0.432. The molecule has 2 aromatic rings. The van der Waals surface area contributed by atoms with Gasteiger partial charge in [-0.05, 0) is 67.6 Å². The van der Waals surface area contributed by atoms with Gasteiger partial charge in [-0.25, -0.2) is 0 Å². The molecule has 0 bridgehead atoms. The van der Waals surface area contributed by atoms with Crippen LogP contribution in [-0.2, 0) is 0 Å². The zero-order chi connectivity index (χ0) is 24.2. The van der Waals surface area contributed by atoms with Crippen LogP contribution in [0.15, 0.2) is 48.5 Å². The van der Waals surface area contributed by atoms with Crippen LogP contribution in [0.1, 0.15) is 48.4 Å². The first-order chi connectivity index (χ1) is 15.8. The molecule has 0 aliphatic rings. The third-order valence-electron chi connectivity index (χ3n) is 4.94. The number of nitrogens with one attached hydrogen (secondary N) is 3. The molecule has 0 radical (unpaired) electrons. The highest BCUT2D eigenvalue weighted by molar-refractivity contribution is 7.80. The molecule has 0 spiro atoms. The Morgan fingerprint density at radius 1 is 1.00 bits per heavy atom. The molecular weight excluding hydrogens is 436 g/mol. The molecule has 8 heteroatoms. The minimum atomic E-state index is -0.351. The summed E-state index contributed by atoms with van der Waals surface area (Å²) in [4.78, 5) is 27.2. The Morgan fingerprint density at radius 2 is 1.67 bits per heavy atom. The van der Waals surface area contributed by atoms with Crippen LogP contribution in [0, 0.1) is 5.92 Å². The first-order valence-electron chi connectivity index (χ1n) is 11.3. The molecule has 0 aliphatic carbocycles. The van der Waals surface area contributed by atoms with Crippen molar-refractivity contribution in [3.05, 3.63) is 59.7 Å². The van der Waals surface area contributed by atoms with Crippen molar-refractivity contribution in [2.75, 3.05) is 38.1 Å². The van der Waals surface area contributed by atoms with Crippen molar-refractivity contribution in [3.63, 3.8) is 0 Å². The second kappa shape index (κ2) is 13.5. The number of hydrogen-bond donors (Lipinski definition) is 3. The average Bonchev–Trinajstić information content (AvgIpc) is 2.81. The molecule has 0 atom stereocenters. The molecule has 2 amide bonds. The van der Waals surface area contributed by atoms with E-state index in [9.17, 15) is 9.59 Å². The van der Waals surface area contributed by atoms with E-state index in [1.54, 1.807) is 42.5 Å². The maximum atomic E-state index is 12.7. The zero-order valence-electron chi connectivity index (χ0n) is 19.8. The highest BCUT2D eigenvalue weighted by atomic mass is 32.1. The molecule has 0 unspecified atom stereocenters. The average molecular weight is 471 g/mol. The number of rotatable bonds is 11. The van der Waals surface area contributed by atoms with Crippen molar-refractivity contribution in [2.45, 2.75) is 27.7 Å². The number of likely N-dealkylation sites (N-methyl/N-ethyl adjacent to an activating group) is 1. The standard InChI is InChI=1S/C25H34N4O3S/c1-5-29(6-2)16-15-26-23(30)19-11-13-20(14-12-19)27-25(33)28-24(31)21-9-7-8-10-22(21)32-17-18(3)4/h7-14,18H,5-6,15-17H2,1-4H3,(H,26,30)(H2,27,28,31,33). The Balaban J connectivity index is 1.88. The number of para-hydroxylation sites is 1. The van der Waals surface area contributed by atoms with Crippen molar-refractivity contribution in [1.82, 2.24) is 15.5 Å². The normalized spacial score (nSPS) is 10.7. The van der Waals surface area contributed by atoms with Crippen molar-refractivity contribution in [3.8, 4) is 5.75 Å². The van der Waals surface area contributed by atoms with Crippen LogP contribution in [0.5, 0.6) is 5.75 Å². The number of carbonyl (C=O) groups is 2. The molecule has 0 saturated heterocycles. The van der Waals surface area contributed by atoms with E-state index >= 15 is 0 Å². The van der Waals surface area contributed by atoms with E-state index in [1.165, 1.54) is 0 Å². The van der Waals surface area contributed by atoms with Gasteiger partial charge in [-0.3, -0.25) is 14.9 Å². The summed E-state index contributed by atoms with van der Waals surface area (Å²) in [6.45, 7) is 12.1. The second-order valence-corrected chi connectivity index (χ2v) is 8.38. The number of hydrogen-bond acceptors (Lipinski definition) is 5. The van der Waals surface area contributed by atoms with Crippen LogP contribution >= 0.6 is 12.2 Å². The SMILES string of the molecule is CCN(CC)CCNC(=O)c1ccc(NC(=S)NC(=O)c2ccccc2OCC(C)C)cc1. The Morgan fingerprint density at radius 3 is 2.30 bits per heavy atom. The van der Waals surface area contributed by atoms with Crippen molar-refractivity contribution >= 4 is 34.8 Å². The lowest BCUT2D eigenvalue weighted by atomic mass is 10.2. The minimum Gasteiger partial charge on any atom is -0.492 e. The summed E-state index contributed by atoms with van der Waals surface area (Å²) in [5, 5.41) is 8.74. The number of carbonyl (C=O) groups excluding carboxylic acids is 2. The zero-order valence-corrected chi connectivity index (χ0v) is 20.6. The van der Waals surface area contributed by atoms with Crippen molar-refractivity contribution < 1.29 is 14.3 Å². The number of nitrogens with zero attached hydrogens (tertiary/aromatic N) is 1. The van der Waals surface area contributed by atoms with Gasteiger partial charge in [0, 0.05) is 24.3 Å². The predicted octanol–water partition coefficient (Wildman–Crippen LogP) is 3.92. The third-order valence-corrected chi connectivity index (χ3v) is 5.15. The molecule has 0 saturated carbocycles. The Hall–Kier alpha value is -2.97. The molecule has 2 rings (SSSR count). The lowest BCUT2D eigenvalue weighted by Gasteiger charge is -2.18. The van der Waals surface area contributed by atoms with Crippen LogP contribution in [-0.4, -0.2) is 54.6 Å². The number of ether oxygens (including phenoxy) is 1. The summed E-state index contributed by atoms with van der Waals surface area (Å²) >= 11 is 5.28. The molecule has 0 fully saturated rings. The Bertz CT molecular complexity index is 928. The van der Waals surface area contributed by atoms with Gasteiger partial charge in [-0.15, -0.1) is 0 Å². The van der Waals surface area contributed by atoms with E-state index in [0.717, 1.165) is 19.6 Å². The number of anilines is 1. The smallest absolute Gasteiger partial charge is 0.261 e. The molecule has 178 valence electrons. The number of amides is 2.